The molecule has 0 saturated heterocycles. The zero-order chi connectivity index (χ0) is 20.1. The number of likely N-dealkylation sites (N-methyl/N-ethyl adjacent to an activating group) is 1. The average molecular weight is 374 g/mol. The minimum absolute atomic E-state index is 0.254. The molecule has 2 rings (SSSR count). The van der Waals surface area contributed by atoms with Gasteiger partial charge in [-0.25, -0.2) is 8.78 Å². The van der Waals surface area contributed by atoms with Crippen LogP contribution in [0.4, 0.5) is 8.78 Å². The average Bonchev–Trinajstić information content (AvgIpc) is 2.60. The van der Waals surface area contributed by atoms with E-state index in [0.717, 1.165) is 23.3 Å². The molecule has 2 amide bonds. The number of carbonyl (C=O) groups is 2. The smallest absolute Gasteiger partial charge is 0.257 e. The SMILES string of the molecule is Cc1ccccc1CN(C)C(=O)C(NC(=O)c1c(F)cccc1F)C(C)C. The van der Waals surface area contributed by atoms with Crippen LogP contribution in [0.1, 0.15) is 35.3 Å². The Labute approximate surface area is 158 Å². The van der Waals surface area contributed by atoms with Crippen molar-refractivity contribution in [1.29, 1.82) is 0 Å². The van der Waals surface area contributed by atoms with Crippen molar-refractivity contribution in [2.75, 3.05) is 7.05 Å². The molecule has 0 aliphatic heterocycles. The molecule has 0 fully saturated rings. The van der Waals surface area contributed by atoms with Crippen LogP contribution in [-0.4, -0.2) is 29.8 Å². The van der Waals surface area contributed by atoms with E-state index >= 15 is 0 Å². The molecule has 2 aromatic carbocycles. The molecular formula is C21H24F2N2O2. The van der Waals surface area contributed by atoms with Gasteiger partial charge < -0.3 is 10.2 Å². The Morgan fingerprint density at radius 1 is 1.04 bits per heavy atom. The van der Waals surface area contributed by atoms with E-state index in [1.807, 2.05) is 31.2 Å². The first-order chi connectivity index (χ1) is 12.7. The molecular weight excluding hydrogens is 350 g/mol. The molecule has 0 aliphatic carbocycles. The number of hydrogen-bond donors (Lipinski definition) is 1. The molecule has 0 aromatic heterocycles. The van der Waals surface area contributed by atoms with E-state index in [2.05, 4.69) is 5.32 Å². The minimum Gasteiger partial charge on any atom is -0.340 e. The molecule has 0 saturated carbocycles. The summed E-state index contributed by atoms with van der Waals surface area (Å²) < 4.78 is 27.7. The second-order valence-electron chi connectivity index (χ2n) is 6.91. The first-order valence-electron chi connectivity index (χ1n) is 8.76. The fourth-order valence-corrected chi connectivity index (χ4v) is 2.80. The van der Waals surface area contributed by atoms with Crippen LogP contribution >= 0.6 is 0 Å². The molecule has 144 valence electrons. The summed E-state index contributed by atoms with van der Waals surface area (Å²) in [6.45, 7) is 5.86. The highest BCUT2D eigenvalue weighted by molar-refractivity contribution is 5.98. The normalized spacial score (nSPS) is 12.0. The van der Waals surface area contributed by atoms with E-state index in [1.165, 1.54) is 11.0 Å². The van der Waals surface area contributed by atoms with Gasteiger partial charge in [0.2, 0.25) is 5.91 Å². The Bertz CT molecular complexity index is 816. The van der Waals surface area contributed by atoms with Crippen LogP contribution in [-0.2, 0) is 11.3 Å². The molecule has 27 heavy (non-hydrogen) atoms. The number of amides is 2. The lowest BCUT2D eigenvalue weighted by atomic mass is 10.0. The van der Waals surface area contributed by atoms with Gasteiger partial charge in [-0.1, -0.05) is 44.2 Å². The molecule has 0 radical (unpaired) electrons. The van der Waals surface area contributed by atoms with Gasteiger partial charge in [-0.2, -0.15) is 0 Å². The number of hydrogen-bond acceptors (Lipinski definition) is 2. The van der Waals surface area contributed by atoms with Crippen LogP contribution in [0.5, 0.6) is 0 Å². The molecule has 0 spiro atoms. The second-order valence-corrected chi connectivity index (χ2v) is 6.91. The zero-order valence-electron chi connectivity index (χ0n) is 15.9. The highest BCUT2D eigenvalue weighted by atomic mass is 19.1. The maximum Gasteiger partial charge on any atom is 0.257 e. The van der Waals surface area contributed by atoms with Crippen LogP contribution in [0.2, 0.25) is 0 Å². The lowest BCUT2D eigenvalue weighted by Crippen LogP contribution is -2.50. The summed E-state index contributed by atoms with van der Waals surface area (Å²) in [7, 11) is 1.64. The van der Waals surface area contributed by atoms with Crippen LogP contribution in [0, 0.1) is 24.5 Å². The molecule has 0 aliphatic rings. The first-order valence-corrected chi connectivity index (χ1v) is 8.76. The van der Waals surface area contributed by atoms with E-state index in [-0.39, 0.29) is 11.8 Å². The molecule has 4 nitrogen and oxygen atoms in total. The predicted octanol–water partition coefficient (Wildman–Crippen LogP) is 3.69. The second kappa shape index (κ2) is 8.75. The predicted molar refractivity (Wildman–Crippen MR) is 100 cm³/mol. The van der Waals surface area contributed by atoms with Crippen molar-refractivity contribution in [3.8, 4) is 0 Å². The lowest BCUT2D eigenvalue weighted by Gasteiger charge is -2.27. The summed E-state index contributed by atoms with van der Waals surface area (Å²) in [6.07, 6.45) is 0. The van der Waals surface area contributed by atoms with Gasteiger partial charge in [-0.15, -0.1) is 0 Å². The third-order valence-electron chi connectivity index (χ3n) is 4.45. The number of rotatable bonds is 6. The number of aryl methyl sites for hydroxylation is 1. The minimum atomic E-state index is -0.962. The van der Waals surface area contributed by atoms with Crippen molar-refractivity contribution in [3.63, 3.8) is 0 Å². The summed E-state index contributed by atoms with van der Waals surface area (Å²) in [5.74, 6) is -3.44. The number of benzene rings is 2. The highest BCUT2D eigenvalue weighted by Gasteiger charge is 2.29. The Morgan fingerprint density at radius 3 is 2.19 bits per heavy atom. The summed E-state index contributed by atoms with van der Waals surface area (Å²) in [6, 6.07) is 9.99. The van der Waals surface area contributed by atoms with E-state index < -0.39 is 29.1 Å². The number of nitrogens with zero attached hydrogens (tertiary/aromatic N) is 1. The van der Waals surface area contributed by atoms with Crippen molar-refractivity contribution in [1.82, 2.24) is 10.2 Å². The molecule has 2 aromatic rings. The number of halogens is 2. The van der Waals surface area contributed by atoms with E-state index in [4.69, 9.17) is 0 Å². The molecule has 1 N–H and O–H groups in total. The Balaban J connectivity index is 2.17. The summed E-state index contributed by atoms with van der Waals surface area (Å²) in [5.41, 5.74) is 1.36. The van der Waals surface area contributed by atoms with Crippen LogP contribution < -0.4 is 5.32 Å². The van der Waals surface area contributed by atoms with Crippen molar-refractivity contribution < 1.29 is 18.4 Å². The fraction of sp³-hybridized carbons (Fsp3) is 0.333. The summed E-state index contributed by atoms with van der Waals surface area (Å²) in [5, 5.41) is 2.49. The van der Waals surface area contributed by atoms with Gasteiger partial charge in [-0.3, -0.25) is 9.59 Å². The van der Waals surface area contributed by atoms with Crippen LogP contribution in [0.3, 0.4) is 0 Å². The summed E-state index contributed by atoms with van der Waals surface area (Å²) >= 11 is 0. The first kappa shape index (κ1) is 20.6. The quantitative estimate of drug-likeness (QED) is 0.838. The van der Waals surface area contributed by atoms with Gasteiger partial charge in [0, 0.05) is 13.6 Å². The van der Waals surface area contributed by atoms with Crippen molar-refractivity contribution in [2.45, 2.75) is 33.4 Å². The highest BCUT2D eigenvalue weighted by Crippen LogP contribution is 2.15. The largest absolute Gasteiger partial charge is 0.340 e. The summed E-state index contributed by atoms with van der Waals surface area (Å²) in [4.78, 5) is 26.7. The van der Waals surface area contributed by atoms with Gasteiger partial charge in [-0.05, 0) is 36.1 Å². The van der Waals surface area contributed by atoms with E-state index in [1.54, 1.807) is 20.9 Å². The van der Waals surface area contributed by atoms with Gasteiger partial charge in [0.15, 0.2) is 0 Å². The van der Waals surface area contributed by atoms with Gasteiger partial charge in [0.25, 0.3) is 5.91 Å². The monoisotopic (exact) mass is 374 g/mol. The zero-order valence-corrected chi connectivity index (χ0v) is 15.9. The van der Waals surface area contributed by atoms with E-state index in [9.17, 15) is 18.4 Å². The topological polar surface area (TPSA) is 49.4 Å². The Hall–Kier alpha value is -2.76. The standard InChI is InChI=1S/C21H24F2N2O2/c1-13(2)19(24-20(26)18-16(22)10-7-11-17(18)23)21(27)25(4)12-15-9-6-5-8-14(15)3/h5-11,13,19H,12H2,1-4H3,(H,24,26). The maximum atomic E-state index is 13.8. The Morgan fingerprint density at radius 2 is 1.63 bits per heavy atom. The van der Waals surface area contributed by atoms with Crippen LogP contribution in [0.25, 0.3) is 0 Å². The molecule has 0 bridgehead atoms. The number of nitrogens with one attached hydrogen (secondary N) is 1. The Kier molecular flexibility index (Phi) is 6.66. The van der Waals surface area contributed by atoms with Crippen molar-refractivity contribution in [3.05, 3.63) is 70.8 Å². The molecule has 1 unspecified atom stereocenters. The molecule has 1 atom stereocenters. The van der Waals surface area contributed by atoms with Gasteiger partial charge >= 0.3 is 0 Å². The maximum absolute atomic E-state index is 13.8. The van der Waals surface area contributed by atoms with Gasteiger partial charge in [0.05, 0.1) is 0 Å². The van der Waals surface area contributed by atoms with E-state index in [0.29, 0.717) is 6.54 Å². The fourth-order valence-electron chi connectivity index (χ4n) is 2.80. The van der Waals surface area contributed by atoms with Crippen molar-refractivity contribution >= 4 is 11.8 Å². The van der Waals surface area contributed by atoms with Gasteiger partial charge in [0.1, 0.15) is 23.2 Å². The lowest BCUT2D eigenvalue weighted by molar-refractivity contribution is -0.133. The molecule has 0 heterocycles. The third-order valence-corrected chi connectivity index (χ3v) is 4.45. The number of carbonyl (C=O) groups excluding carboxylic acids is 2. The third kappa shape index (κ3) is 4.90. The van der Waals surface area contributed by atoms with Crippen molar-refractivity contribution in [2.24, 2.45) is 5.92 Å². The molecule has 6 heteroatoms. The van der Waals surface area contributed by atoms with Crippen LogP contribution in [0.15, 0.2) is 42.5 Å².